The Labute approximate surface area is 184 Å². The van der Waals surface area contributed by atoms with Crippen molar-refractivity contribution in [2.45, 2.75) is 26.8 Å². The Bertz CT molecular complexity index is 1290. The number of nitrogens with one attached hydrogen (secondary N) is 2. The lowest BCUT2D eigenvalue weighted by Gasteiger charge is -2.09. The predicted molar refractivity (Wildman–Crippen MR) is 119 cm³/mol. The maximum absolute atomic E-state index is 14.8. The third kappa shape index (κ3) is 4.25. The average Bonchev–Trinajstić information content (AvgIpc) is 3.32. The fourth-order valence-electron chi connectivity index (χ4n) is 3.67. The number of nitrogens with zero attached hydrogens (tertiary/aromatic N) is 2. The number of rotatable bonds is 6. The summed E-state index contributed by atoms with van der Waals surface area (Å²) in [6.07, 6.45) is 0.120. The maximum Gasteiger partial charge on any atom is 0.310 e. The fourth-order valence-corrected chi connectivity index (χ4v) is 3.67. The molecule has 0 fully saturated rings. The molecular formula is C24H23FN4O3. The third-order valence-electron chi connectivity index (χ3n) is 5.49. The monoisotopic (exact) mass is 434 g/mol. The third-order valence-corrected chi connectivity index (χ3v) is 5.49. The van der Waals surface area contributed by atoms with E-state index in [9.17, 15) is 14.0 Å². The SMILES string of the molecule is COC(=O)Cc1c(C)nn(Cc2ccc(NC(=O)c3cc4ccccc4[nH]3)cc2F)c1C. The quantitative estimate of drug-likeness (QED) is 0.447. The molecule has 2 aromatic carbocycles. The second-order valence-electron chi connectivity index (χ2n) is 7.59. The first-order valence-corrected chi connectivity index (χ1v) is 10.1. The van der Waals surface area contributed by atoms with Crippen molar-refractivity contribution < 1.29 is 18.7 Å². The van der Waals surface area contributed by atoms with E-state index in [0.29, 0.717) is 22.6 Å². The predicted octanol–water partition coefficient (Wildman–Crippen LogP) is 4.14. The Morgan fingerprint density at radius 2 is 1.94 bits per heavy atom. The molecule has 0 radical (unpaired) electrons. The van der Waals surface area contributed by atoms with Crippen LogP contribution in [0.25, 0.3) is 10.9 Å². The van der Waals surface area contributed by atoms with Gasteiger partial charge < -0.3 is 15.0 Å². The van der Waals surface area contributed by atoms with Gasteiger partial charge in [0.15, 0.2) is 0 Å². The molecule has 2 heterocycles. The van der Waals surface area contributed by atoms with Crippen LogP contribution in [0.3, 0.4) is 0 Å². The molecule has 0 saturated heterocycles. The average molecular weight is 434 g/mol. The number of H-pyrrole nitrogens is 1. The van der Waals surface area contributed by atoms with E-state index < -0.39 is 5.82 Å². The second-order valence-corrected chi connectivity index (χ2v) is 7.59. The van der Waals surface area contributed by atoms with Crippen LogP contribution in [-0.4, -0.2) is 33.8 Å². The first-order valence-electron chi connectivity index (χ1n) is 10.1. The van der Waals surface area contributed by atoms with E-state index in [2.05, 4.69) is 15.4 Å². The lowest BCUT2D eigenvalue weighted by atomic mass is 10.1. The zero-order chi connectivity index (χ0) is 22.8. The van der Waals surface area contributed by atoms with Crippen LogP contribution in [0.5, 0.6) is 0 Å². The van der Waals surface area contributed by atoms with Crippen molar-refractivity contribution in [1.82, 2.24) is 14.8 Å². The number of ether oxygens (including phenoxy) is 1. The fraction of sp³-hybridized carbons (Fsp3) is 0.208. The van der Waals surface area contributed by atoms with Gasteiger partial charge in [-0.25, -0.2) is 4.39 Å². The normalized spacial score (nSPS) is 11.0. The molecule has 0 aliphatic carbocycles. The van der Waals surface area contributed by atoms with Gasteiger partial charge in [0.25, 0.3) is 5.91 Å². The number of hydrogen-bond donors (Lipinski definition) is 2. The van der Waals surface area contributed by atoms with Crippen LogP contribution < -0.4 is 5.32 Å². The maximum atomic E-state index is 14.8. The molecule has 4 rings (SSSR count). The standard InChI is InChI=1S/C24H23FN4O3/c1-14-19(12-23(30)32-3)15(2)29(28-14)13-17-8-9-18(11-20(17)25)26-24(31)22-10-16-6-4-5-7-21(16)27-22/h4-11,27H,12-13H2,1-3H3,(H,26,31). The number of esters is 1. The van der Waals surface area contributed by atoms with Gasteiger partial charge in [-0.1, -0.05) is 24.3 Å². The number of methoxy groups -OCH3 is 1. The number of aryl methyl sites for hydroxylation is 1. The van der Waals surface area contributed by atoms with Crippen molar-refractivity contribution in [3.05, 3.63) is 82.6 Å². The van der Waals surface area contributed by atoms with Crippen LogP contribution in [-0.2, 0) is 22.5 Å². The molecule has 0 atom stereocenters. The summed E-state index contributed by atoms with van der Waals surface area (Å²) >= 11 is 0. The van der Waals surface area contributed by atoms with Crippen molar-refractivity contribution >= 4 is 28.5 Å². The minimum Gasteiger partial charge on any atom is -0.469 e. The molecule has 0 saturated carbocycles. The van der Waals surface area contributed by atoms with Gasteiger partial charge in [0.2, 0.25) is 0 Å². The molecule has 4 aromatic rings. The van der Waals surface area contributed by atoms with E-state index in [1.54, 1.807) is 29.8 Å². The molecule has 8 heteroatoms. The summed E-state index contributed by atoms with van der Waals surface area (Å²) < 4.78 is 21.2. The van der Waals surface area contributed by atoms with Crippen LogP contribution in [0.4, 0.5) is 10.1 Å². The number of carbonyl (C=O) groups excluding carboxylic acids is 2. The number of anilines is 1. The number of benzene rings is 2. The van der Waals surface area contributed by atoms with E-state index in [4.69, 9.17) is 4.74 Å². The largest absolute Gasteiger partial charge is 0.469 e. The van der Waals surface area contributed by atoms with E-state index in [1.807, 2.05) is 31.2 Å². The lowest BCUT2D eigenvalue weighted by Crippen LogP contribution is -2.13. The summed E-state index contributed by atoms with van der Waals surface area (Å²) in [5, 5.41) is 8.08. The highest BCUT2D eigenvalue weighted by atomic mass is 19.1. The van der Waals surface area contributed by atoms with Crippen LogP contribution in [0.15, 0.2) is 48.5 Å². The number of para-hydroxylation sites is 1. The number of aromatic nitrogens is 3. The molecule has 164 valence electrons. The Balaban J connectivity index is 1.49. The van der Waals surface area contributed by atoms with Gasteiger partial charge in [-0.15, -0.1) is 0 Å². The molecule has 0 aliphatic heterocycles. The number of halogens is 1. The van der Waals surface area contributed by atoms with Gasteiger partial charge in [0.05, 0.1) is 25.8 Å². The molecule has 0 bridgehead atoms. The molecule has 32 heavy (non-hydrogen) atoms. The van der Waals surface area contributed by atoms with E-state index >= 15 is 0 Å². The van der Waals surface area contributed by atoms with Gasteiger partial charge in [-0.2, -0.15) is 5.10 Å². The summed E-state index contributed by atoms with van der Waals surface area (Å²) in [5.74, 6) is -1.15. The highest BCUT2D eigenvalue weighted by molar-refractivity contribution is 6.05. The molecule has 7 nitrogen and oxygen atoms in total. The van der Waals surface area contributed by atoms with Crippen molar-refractivity contribution in [2.75, 3.05) is 12.4 Å². The number of fused-ring (bicyclic) bond motifs is 1. The Morgan fingerprint density at radius 1 is 1.16 bits per heavy atom. The molecule has 2 N–H and O–H groups in total. The first-order chi connectivity index (χ1) is 15.4. The summed E-state index contributed by atoms with van der Waals surface area (Å²) in [4.78, 5) is 27.2. The zero-order valence-electron chi connectivity index (χ0n) is 18.0. The number of carbonyl (C=O) groups is 2. The van der Waals surface area contributed by atoms with Crippen molar-refractivity contribution in [3.8, 4) is 0 Å². The smallest absolute Gasteiger partial charge is 0.310 e. The minimum atomic E-state index is -0.457. The minimum absolute atomic E-state index is 0.120. The van der Waals surface area contributed by atoms with E-state index in [0.717, 1.165) is 22.2 Å². The van der Waals surface area contributed by atoms with Gasteiger partial charge >= 0.3 is 5.97 Å². The number of amides is 1. The summed E-state index contributed by atoms with van der Waals surface area (Å²) in [7, 11) is 1.34. The summed E-state index contributed by atoms with van der Waals surface area (Å²) in [6, 6.07) is 13.9. The second kappa shape index (κ2) is 8.66. The zero-order valence-corrected chi connectivity index (χ0v) is 18.0. The molecule has 0 aliphatic rings. The Kier molecular flexibility index (Phi) is 5.77. The Hall–Kier alpha value is -3.94. The van der Waals surface area contributed by atoms with Crippen molar-refractivity contribution in [1.29, 1.82) is 0 Å². The highest BCUT2D eigenvalue weighted by Crippen LogP contribution is 2.21. The van der Waals surface area contributed by atoms with E-state index in [-0.39, 0.29) is 24.8 Å². The molecule has 1 amide bonds. The molecule has 0 unspecified atom stereocenters. The summed E-state index contributed by atoms with van der Waals surface area (Å²) in [5.41, 5.74) is 4.30. The van der Waals surface area contributed by atoms with E-state index in [1.165, 1.54) is 13.2 Å². The lowest BCUT2D eigenvalue weighted by molar-refractivity contribution is -0.139. The number of hydrogen-bond acceptors (Lipinski definition) is 4. The highest BCUT2D eigenvalue weighted by Gasteiger charge is 2.17. The Morgan fingerprint density at radius 3 is 2.66 bits per heavy atom. The van der Waals surface area contributed by atoms with Crippen LogP contribution in [0, 0.1) is 19.7 Å². The van der Waals surface area contributed by atoms with Crippen LogP contribution in [0.1, 0.15) is 33.0 Å². The summed E-state index contributed by atoms with van der Waals surface area (Å²) in [6.45, 7) is 3.85. The van der Waals surface area contributed by atoms with Gasteiger partial charge in [-0.3, -0.25) is 14.3 Å². The van der Waals surface area contributed by atoms with Gasteiger partial charge in [0.1, 0.15) is 11.5 Å². The first kappa shape index (κ1) is 21.3. The van der Waals surface area contributed by atoms with Gasteiger partial charge in [-0.05, 0) is 38.1 Å². The molecule has 2 aromatic heterocycles. The van der Waals surface area contributed by atoms with Crippen LogP contribution in [0.2, 0.25) is 0 Å². The topological polar surface area (TPSA) is 89.0 Å². The molecular weight excluding hydrogens is 411 g/mol. The van der Waals surface area contributed by atoms with Crippen molar-refractivity contribution in [2.24, 2.45) is 0 Å². The van der Waals surface area contributed by atoms with Crippen molar-refractivity contribution in [3.63, 3.8) is 0 Å². The van der Waals surface area contributed by atoms with Gasteiger partial charge in [0, 0.05) is 33.4 Å². The molecule has 0 spiro atoms. The van der Waals surface area contributed by atoms with Crippen LogP contribution >= 0.6 is 0 Å². The number of aromatic amines is 1.